The third kappa shape index (κ3) is 3.03. The lowest BCUT2D eigenvalue weighted by Gasteiger charge is -2.13. The number of nitrogens with two attached hydrogens (primary N) is 1. The maximum atomic E-state index is 13.2. The molecule has 0 bridgehead atoms. The van der Waals surface area contributed by atoms with E-state index in [1.54, 1.807) is 6.92 Å². The molecule has 1 aromatic rings. The lowest BCUT2D eigenvalue weighted by atomic mass is 10.0. The van der Waals surface area contributed by atoms with Gasteiger partial charge >= 0.3 is 0 Å². The molecule has 0 amide bonds. The lowest BCUT2D eigenvalue weighted by molar-refractivity contribution is 0.499. The maximum Gasteiger partial charge on any atom is 0.173 e. The fourth-order valence-electron chi connectivity index (χ4n) is 1.34. The average Bonchev–Trinajstić information content (AvgIpc) is 2.26. The van der Waals surface area contributed by atoms with Crippen LogP contribution in [0.2, 0.25) is 0 Å². The fourth-order valence-corrected chi connectivity index (χ4v) is 1.95. The number of hydrogen-bond acceptors (Lipinski definition) is 1. The molecule has 0 aliphatic rings. The van der Waals surface area contributed by atoms with Crippen LogP contribution in [-0.4, -0.2) is 0 Å². The number of rotatable bonds is 3. The molecule has 1 aromatic carbocycles. The Morgan fingerprint density at radius 3 is 2.75 bits per heavy atom. The highest BCUT2D eigenvalue weighted by Gasteiger charge is 2.15. The SMILES string of the molecule is CC#CCCC(N)c1ccc(F)c(F)c1Br. The highest BCUT2D eigenvalue weighted by Crippen LogP contribution is 2.28. The lowest BCUT2D eigenvalue weighted by Crippen LogP contribution is -2.11. The van der Waals surface area contributed by atoms with Gasteiger partial charge in [-0.3, -0.25) is 0 Å². The molecule has 16 heavy (non-hydrogen) atoms. The Balaban J connectivity index is 2.86. The van der Waals surface area contributed by atoms with Gasteiger partial charge in [-0.05, 0) is 40.9 Å². The molecule has 0 saturated heterocycles. The summed E-state index contributed by atoms with van der Waals surface area (Å²) in [5, 5.41) is 0. The van der Waals surface area contributed by atoms with Crippen LogP contribution < -0.4 is 5.73 Å². The zero-order chi connectivity index (χ0) is 12.1. The van der Waals surface area contributed by atoms with Crippen LogP contribution in [0.15, 0.2) is 16.6 Å². The van der Waals surface area contributed by atoms with Crippen LogP contribution in [0.4, 0.5) is 8.78 Å². The highest BCUT2D eigenvalue weighted by atomic mass is 79.9. The number of halogens is 3. The summed E-state index contributed by atoms with van der Waals surface area (Å²) in [7, 11) is 0. The summed E-state index contributed by atoms with van der Waals surface area (Å²) >= 11 is 3.01. The molecule has 0 aromatic heterocycles. The Hall–Kier alpha value is -0.920. The van der Waals surface area contributed by atoms with E-state index in [-0.39, 0.29) is 10.5 Å². The van der Waals surface area contributed by atoms with Gasteiger partial charge in [-0.15, -0.1) is 11.8 Å². The molecule has 4 heteroatoms. The Kier molecular flexibility index (Phi) is 4.91. The molecule has 2 N–H and O–H groups in total. The molecule has 0 heterocycles. The van der Waals surface area contributed by atoms with Crippen molar-refractivity contribution in [3.05, 3.63) is 33.8 Å². The first-order valence-corrected chi connectivity index (χ1v) is 5.65. The molecule has 1 unspecified atom stereocenters. The Bertz CT molecular complexity index is 435. The minimum atomic E-state index is -0.894. The Morgan fingerprint density at radius 2 is 2.12 bits per heavy atom. The van der Waals surface area contributed by atoms with E-state index >= 15 is 0 Å². The molecule has 86 valence electrons. The normalized spacial score (nSPS) is 11.8. The molecule has 1 atom stereocenters. The molecule has 0 aliphatic heterocycles. The first kappa shape index (κ1) is 13.1. The van der Waals surface area contributed by atoms with Gasteiger partial charge in [0, 0.05) is 12.5 Å². The van der Waals surface area contributed by atoms with Crippen molar-refractivity contribution in [3.8, 4) is 11.8 Å². The van der Waals surface area contributed by atoms with E-state index in [9.17, 15) is 8.78 Å². The van der Waals surface area contributed by atoms with E-state index in [2.05, 4.69) is 27.8 Å². The first-order valence-electron chi connectivity index (χ1n) is 4.86. The summed E-state index contributed by atoms with van der Waals surface area (Å²) in [6.45, 7) is 1.75. The van der Waals surface area contributed by atoms with Crippen LogP contribution in [0.1, 0.15) is 31.4 Å². The van der Waals surface area contributed by atoms with Gasteiger partial charge in [0.15, 0.2) is 11.6 Å². The minimum Gasteiger partial charge on any atom is -0.324 e. The van der Waals surface area contributed by atoms with Crippen molar-refractivity contribution in [2.45, 2.75) is 25.8 Å². The van der Waals surface area contributed by atoms with Crippen molar-refractivity contribution in [1.29, 1.82) is 0 Å². The molecule has 1 nitrogen and oxygen atoms in total. The van der Waals surface area contributed by atoms with Gasteiger partial charge in [-0.25, -0.2) is 8.78 Å². The summed E-state index contributed by atoms with van der Waals surface area (Å²) in [5.41, 5.74) is 6.44. The van der Waals surface area contributed by atoms with Crippen LogP contribution in [-0.2, 0) is 0 Å². The van der Waals surface area contributed by atoms with Crippen molar-refractivity contribution in [2.24, 2.45) is 5.73 Å². The van der Waals surface area contributed by atoms with Gasteiger partial charge in [0.1, 0.15) is 0 Å². The quantitative estimate of drug-likeness (QED) is 0.668. The van der Waals surface area contributed by atoms with Crippen molar-refractivity contribution >= 4 is 15.9 Å². The predicted molar refractivity (Wildman–Crippen MR) is 63.7 cm³/mol. The average molecular weight is 288 g/mol. The monoisotopic (exact) mass is 287 g/mol. The second kappa shape index (κ2) is 5.97. The number of hydrogen-bond donors (Lipinski definition) is 1. The molecule has 0 aliphatic carbocycles. The van der Waals surface area contributed by atoms with Gasteiger partial charge in [0.05, 0.1) is 4.47 Å². The largest absolute Gasteiger partial charge is 0.324 e. The first-order chi connectivity index (χ1) is 7.57. The molecule has 0 saturated carbocycles. The van der Waals surface area contributed by atoms with E-state index in [0.29, 0.717) is 18.4 Å². The van der Waals surface area contributed by atoms with Crippen molar-refractivity contribution < 1.29 is 8.78 Å². The van der Waals surface area contributed by atoms with Gasteiger partial charge in [0.25, 0.3) is 0 Å². The van der Waals surface area contributed by atoms with Crippen molar-refractivity contribution in [1.82, 2.24) is 0 Å². The summed E-state index contributed by atoms with van der Waals surface area (Å²) in [6, 6.07) is 2.23. The van der Waals surface area contributed by atoms with E-state index in [4.69, 9.17) is 5.73 Å². The van der Waals surface area contributed by atoms with Gasteiger partial charge in [-0.1, -0.05) is 6.07 Å². The van der Waals surface area contributed by atoms with E-state index < -0.39 is 11.6 Å². The molecule has 0 radical (unpaired) electrons. The van der Waals surface area contributed by atoms with Gasteiger partial charge < -0.3 is 5.73 Å². The van der Waals surface area contributed by atoms with Gasteiger partial charge in [-0.2, -0.15) is 0 Å². The highest BCUT2D eigenvalue weighted by molar-refractivity contribution is 9.10. The fraction of sp³-hybridized carbons (Fsp3) is 0.333. The summed E-state index contributed by atoms with van der Waals surface area (Å²) in [6.07, 6.45) is 1.26. The third-order valence-electron chi connectivity index (χ3n) is 2.22. The molecule has 0 spiro atoms. The zero-order valence-electron chi connectivity index (χ0n) is 8.86. The van der Waals surface area contributed by atoms with Crippen LogP contribution in [0, 0.1) is 23.5 Å². The van der Waals surface area contributed by atoms with Crippen molar-refractivity contribution in [2.75, 3.05) is 0 Å². The van der Waals surface area contributed by atoms with Gasteiger partial charge in [0.2, 0.25) is 0 Å². The standard InChI is InChI=1S/C12H12BrF2N/c1-2-3-4-5-10(16)8-6-7-9(14)12(15)11(8)13/h6-7,10H,4-5,16H2,1H3. The Labute approximate surface area is 102 Å². The van der Waals surface area contributed by atoms with Crippen LogP contribution in [0.5, 0.6) is 0 Å². The third-order valence-corrected chi connectivity index (χ3v) is 3.03. The predicted octanol–water partition coefficient (Wildman–Crippen LogP) is 3.53. The van der Waals surface area contributed by atoms with E-state index in [1.165, 1.54) is 6.07 Å². The van der Waals surface area contributed by atoms with E-state index in [1.807, 2.05) is 0 Å². The second-order valence-corrected chi connectivity index (χ2v) is 4.13. The maximum absolute atomic E-state index is 13.2. The molecular weight excluding hydrogens is 276 g/mol. The summed E-state index contributed by atoms with van der Waals surface area (Å²) in [4.78, 5) is 0. The van der Waals surface area contributed by atoms with E-state index in [0.717, 1.165) is 6.07 Å². The summed E-state index contributed by atoms with van der Waals surface area (Å²) in [5.74, 6) is 3.87. The smallest absolute Gasteiger partial charge is 0.173 e. The second-order valence-electron chi connectivity index (χ2n) is 3.34. The summed E-state index contributed by atoms with van der Waals surface area (Å²) < 4.78 is 26.2. The Morgan fingerprint density at radius 1 is 1.44 bits per heavy atom. The van der Waals surface area contributed by atoms with Crippen molar-refractivity contribution in [3.63, 3.8) is 0 Å². The molecular formula is C12H12BrF2N. The molecule has 0 fully saturated rings. The molecule has 1 rings (SSSR count). The van der Waals surface area contributed by atoms with Crippen LogP contribution in [0.3, 0.4) is 0 Å². The minimum absolute atomic E-state index is 0.101. The zero-order valence-corrected chi connectivity index (χ0v) is 10.4. The number of benzene rings is 1. The topological polar surface area (TPSA) is 26.0 Å². The van der Waals surface area contributed by atoms with Crippen LogP contribution in [0.25, 0.3) is 0 Å². The van der Waals surface area contributed by atoms with Crippen LogP contribution >= 0.6 is 15.9 Å².